The number of benzene rings is 1. The molecule has 4 rings (SSSR count). The standard InChI is InChI=1S/C21H17BrN2O4S/c1-3-27-20(26)17-12(2)23-21-24(18(17)15-8-5-9-28-15)19(25)16(29-21)11-13-6-4-7-14(22)10-13/h4-11,18H,3H2,1-2H3. The fourth-order valence-electron chi connectivity index (χ4n) is 3.26. The van der Waals surface area contributed by atoms with Gasteiger partial charge in [-0.15, -0.1) is 0 Å². The number of carbonyl (C=O) groups excluding carboxylic acids is 1. The zero-order chi connectivity index (χ0) is 20.5. The fraction of sp³-hybridized carbons (Fsp3) is 0.190. The van der Waals surface area contributed by atoms with Gasteiger partial charge in [0.1, 0.15) is 11.8 Å². The number of nitrogens with zero attached hydrogens (tertiary/aromatic N) is 2. The van der Waals surface area contributed by atoms with Crippen molar-refractivity contribution in [3.63, 3.8) is 0 Å². The molecule has 0 spiro atoms. The van der Waals surface area contributed by atoms with Crippen LogP contribution in [0.4, 0.5) is 0 Å². The van der Waals surface area contributed by atoms with E-state index in [0.717, 1.165) is 10.0 Å². The molecule has 1 aliphatic heterocycles. The molecule has 0 N–H and O–H groups in total. The van der Waals surface area contributed by atoms with Crippen molar-refractivity contribution in [1.29, 1.82) is 0 Å². The van der Waals surface area contributed by atoms with Crippen molar-refractivity contribution in [1.82, 2.24) is 4.57 Å². The molecule has 3 heterocycles. The van der Waals surface area contributed by atoms with Crippen LogP contribution in [-0.4, -0.2) is 17.1 Å². The summed E-state index contributed by atoms with van der Waals surface area (Å²) in [6.07, 6.45) is 3.34. The molecule has 0 saturated heterocycles. The molecular weight excluding hydrogens is 456 g/mol. The highest BCUT2D eigenvalue weighted by molar-refractivity contribution is 9.10. The quantitative estimate of drug-likeness (QED) is 0.546. The molecule has 148 valence electrons. The molecule has 1 atom stereocenters. The summed E-state index contributed by atoms with van der Waals surface area (Å²) < 4.78 is 13.8. The van der Waals surface area contributed by atoms with Crippen molar-refractivity contribution in [2.45, 2.75) is 19.9 Å². The summed E-state index contributed by atoms with van der Waals surface area (Å²) in [7, 11) is 0. The van der Waals surface area contributed by atoms with Gasteiger partial charge in [-0.25, -0.2) is 9.79 Å². The molecule has 29 heavy (non-hydrogen) atoms. The van der Waals surface area contributed by atoms with Gasteiger partial charge in [0, 0.05) is 4.47 Å². The Labute approximate surface area is 178 Å². The first-order valence-electron chi connectivity index (χ1n) is 8.98. The van der Waals surface area contributed by atoms with Gasteiger partial charge < -0.3 is 9.15 Å². The average Bonchev–Trinajstić information content (AvgIpc) is 3.30. The summed E-state index contributed by atoms with van der Waals surface area (Å²) in [6, 6.07) is 10.4. The van der Waals surface area contributed by atoms with Crippen LogP contribution in [0.5, 0.6) is 0 Å². The number of aromatic nitrogens is 1. The van der Waals surface area contributed by atoms with Crippen molar-refractivity contribution in [2.24, 2.45) is 4.99 Å². The maximum absolute atomic E-state index is 13.3. The number of rotatable bonds is 4. The molecule has 3 aromatic rings. The first-order valence-corrected chi connectivity index (χ1v) is 10.6. The highest BCUT2D eigenvalue weighted by Crippen LogP contribution is 2.30. The summed E-state index contributed by atoms with van der Waals surface area (Å²) in [6.45, 7) is 3.71. The SMILES string of the molecule is CCOC(=O)C1=C(C)N=c2sc(=Cc3cccc(Br)c3)c(=O)n2C1c1ccco1. The number of furan rings is 1. The van der Waals surface area contributed by atoms with Crippen LogP contribution in [0.3, 0.4) is 0 Å². The fourth-order valence-corrected chi connectivity index (χ4v) is 4.72. The number of halogens is 1. The predicted octanol–water partition coefficient (Wildman–Crippen LogP) is 3.15. The van der Waals surface area contributed by atoms with Crippen LogP contribution in [0.25, 0.3) is 6.08 Å². The summed E-state index contributed by atoms with van der Waals surface area (Å²) in [4.78, 5) is 31.0. The van der Waals surface area contributed by atoms with Crippen LogP contribution in [0, 0.1) is 0 Å². The van der Waals surface area contributed by atoms with Crippen molar-refractivity contribution in [2.75, 3.05) is 6.61 Å². The topological polar surface area (TPSA) is 73.8 Å². The van der Waals surface area contributed by atoms with Gasteiger partial charge >= 0.3 is 5.97 Å². The van der Waals surface area contributed by atoms with Crippen LogP contribution in [0.2, 0.25) is 0 Å². The third-order valence-electron chi connectivity index (χ3n) is 4.48. The van der Waals surface area contributed by atoms with E-state index in [9.17, 15) is 9.59 Å². The second kappa shape index (κ2) is 7.96. The van der Waals surface area contributed by atoms with Gasteiger partial charge in [0.15, 0.2) is 4.80 Å². The largest absolute Gasteiger partial charge is 0.467 e. The van der Waals surface area contributed by atoms with Crippen LogP contribution in [0.15, 0.2) is 72.6 Å². The molecule has 1 aliphatic rings. The molecule has 0 saturated carbocycles. The van der Waals surface area contributed by atoms with E-state index in [1.54, 1.807) is 26.0 Å². The zero-order valence-corrected chi connectivity index (χ0v) is 18.1. The number of carbonyl (C=O) groups is 1. The Bertz CT molecular complexity index is 1280. The third-order valence-corrected chi connectivity index (χ3v) is 5.95. The van der Waals surface area contributed by atoms with E-state index >= 15 is 0 Å². The lowest BCUT2D eigenvalue weighted by Crippen LogP contribution is -2.39. The second-order valence-corrected chi connectivity index (χ2v) is 8.30. The van der Waals surface area contributed by atoms with Gasteiger partial charge in [-0.2, -0.15) is 0 Å². The van der Waals surface area contributed by atoms with Gasteiger partial charge in [0.2, 0.25) is 0 Å². The summed E-state index contributed by atoms with van der Waals surface area (Å²) >= 11 is 4.72. The Hall–Kier alpha value is -2.71. The molecule has 0 aliphatic carbocycles. The van der Waals surface area contributed by atoms with Crippen molar-refractivity contribution < 1.29 is 13.9 Å². The zero-order valence-electron chi connectivity index (χ0n) is 15.7. The molecule has 1 aromatic carbocycles. The Balaban J connectivity index is 1.94. The minimum Gasteiger partial charge on any atom is -0.467 e. The van der Waals surface area contributed by atoms with Crippen molar-refractivity contribution >= 4 is 39.3 Å². The molecule has 0 bridgehead atoms. The van der Waals surface area contributed by atoms with E-state index in [1.807, 2.05) is 30.3 Å². The van der Waals surface area contributed by atoms with Gasteiger partial charge in [-0.3, -0.25) is 9.36 Å². The lowest BCUT2D eigenvalue weighted by Gasteiger charge is -2.22. The summed E-state index contributed by atoms with van der Waals surface area (Å²) in [5, 5.41) is 0. The molecule has 6 nitrogen and oxygen atoms in total. The molecule has 8 heteroatoms. The number of thiazole rings is 1. The van der Waals surface area contributed by atoms with Crippen molar-refractivity contribution in [3.05, 3.63) is 89.4 Å². The molecule has 0 radical (unpaired) electrons. The monoisotopic (exact) mass is 472 g/mol. The predicted molar refractivity (Wildman–Crippen MR) is 113 cm³/mol. The third kappa shape index (κ3) is 3.65. The van der Waals surface area contributed by atoms with Crippen LogP contribution < -0.4 is 14.9 Å². The minimum atomic E-state index is -0.718. The lowest BCUT2D eigenvalue weighted by molar-refractivity contribution is -0.139. The number of ether oxygens (including phenoxy) is 1. The van der Waals surface area contributed by atoms with Gasteiger partial charge in [0.25, 0.3) is 5.56 Å². The van der Waals surface area contributed by atoms with E-state index in [1.165, 1.54) is 22.2 Å². The normalized spacial score (nSPS) is 16.5. The van der Waals surface area contributed by atoms with E-state index in [0.29, 0.717) is 26.4 Å². The number of fused-ring (bicyclic) bond motifs is 1. The Morgan fingerprint density at radius 2 is 2.21 bits per heavy atom. The number of esters is 1. The van der Waals surface area contributed by atoms with E-state index in [4.69, 9.17) is 9.15 Å². The van der Waals surface area contributed by atoms with Crippen LogP contribution in [0.1, 0.15) is 31.2 Å². The Kier molecular flexibility index (Phi) is 5.38. The van der Waals surface area contributed by atoms with E-state index in [2.05, 4.69) is 20.9 Å². The number of hydrogen-bond acceptors (Lipinski definition) is 6. The summed E-state index contributed by atoms with van der Waals surface area (Å²) in [5.74, 6) is -0.0196. The van der Waals surface area contributed by atoms with Crippen molar-refractivity contribution in [3.8, 4) is 0 Å². The minimum absolute atomic E-state index is 0.230. The molecular formula is C21H17BrN2O4S. The molecule has 0 amide bonds. The molecule has 1 unspecified atom stereocenters. The van der Waals surface area contributed by atoms with E-state index < -0.39 is 12.0 Å². The number of allylic oxidation sites excluding steroid dienone is 1. The van der Waals surface area contributed by atoms with Crippen LogP contribution in [-0.2, 0) is 9.53 Å². The smallest absolute Gasteiger partial charge is 0.338 e. The van der Waals surface area contributed by atoms with Gasteiger partial charge in [-0.05, 0) is 49.8 Å². The molecule has 2 aromatic heterocycles. The highest BCUT2D eigenvalue weighted by atomic mass is 79.9. The molecule has 0 fully saturated rings. The Morgan fingerprint density at radius 1 is 1.38 bits per heavy atom. The lowest BCUT2D eigenvalue weighted by atomic mass is 10.0. The first kappa shape index (κ1) is 19.6. The first-order chi connectivity index (χ1) is 14.0. The maximum Gasteiger partial charge on any atom is 0.338 e. The Morgan fingerprint density at radius 3 is 2.90 bits per heavy atom. The van der Waals surface area contributed by atoms with E-state index in [-0.39, 0.29) is 12.2 Å². The van der Waals surface area contributed by atoms with Gasteiger partial charge in [-0.1, -0.05) is 39.4 Å². The second-order valence-electron chi connectivity index (χ2n) is 6.37. The highest BCUT2D eigenvalue weighted by Gasteiger charge is 2.34. The maximum atomic E-state index is 13.3. The number of hydrogen-bond donors (Lipinski definition) is 0. The average molecular weight is 473 g/mol. The van der Waals surface area contributed by atoms with Crippen LogP contribution >= 0.6 is 27.3 Å². The van der Waals surface area contributed by atoms with Gasteiger partial charge in [0.05, 0.1) is 28.7 Å². The summed E-state index contributed by atoms with van der Waals surface area (Å²) in [5.41, 5.74) is 1.48.